The first-order chi connectivity index (χ1) is 7.48. The first kappa shape index (κ1) is 12.2. The van der Waals surface area contributed by atoms with E-state index in [1.807, 2.05) is 0 Å². The minimum atomic E-state index is -0.914. The average Bonchev–Trinajstić information content (AvgIpc) is 2.55. The molecule has 2 aliphatic heterocycles. The smallest absolute Gasteiger partial charge is 0.186 e. The normalized spacial score (nSPS) is 46.7. The van der Waals surface area contributed by atoms with Crippen molar-refractivity contribution in [3.05, 3.63) is 0 Å². The second-order valence-corrected chi connectivity index (χ2v) is 4.52. The van der Waals surface area contributed by atoms with Gasteiger partial charge in [0.2, 0.25) is 0 Å². The predicted molar refractivity (Wildman–Crippen MR) is 52.6 cm³/mol. The lowest BCUT2D eigenvalue weighted by Crippen LogP contribution is -2.57. The van der Waals surface area contributed by atoms with Crippen LogP contribution < -0.4 is 0 Å². The molecule has 0 aromatic rings. The molecule has 94 valence electrons. The van der Waals surface area contributed by atoms with Gasteiger partial charge in [-0.2, -0.15) is 0 Å². The van der Waals surface area contributed by atoms with E-state index in [4.69, 9.17) is 24.1 Å². The van der Waals surface area contributed by atoms with Gasteiger partial charge >= 0.3 is 0 Å². The monoisotopic (exact) mass is 234 g/mol. The first-order valence-corrected chi connectivity index (χ1v) is 5.31. The fourth-order valence-electron chi connectivity index (χ4n) is 2.17. The minimum Gasteiger partial charge on any atom is -0.394 e. The highest BCUT2D eigenvalue weighted by atomic mass is 16.8. The molecule has 0 bridgehead atoms. The zero-order valence-electron chi connectivity index (χ0n) is 9.62. The van der Waals surface area contributed by atoms with Crippen LogP contribution in [0.3, 0.4) is 0 Å². The number of rotatable bonds is 2. The molecule has 0 radical (unpaired) electrons. The molecule has 2 rings (SSSR count). The number of fused-ring (bicyclic) bond motifs is 1. The van der Waals surface area contributed by atoms with Gasteiger partial charge in [-0.25, -0.2) is 0 Å². The number of methoxy groups -OCH3 is 1. The molecule has 16 heavy (non-hydrogen) atoms. The summed E-state index contributed by atoms with van der Waals surface area (Å²) in [5.74, 6) is -0.777. The maximum Gasteiger partial charge on any atom is 0.186 e. The van der Waals surface area contributed by atoms with Crippen LogP contribution in [0.4, 0.5) is 0 Å². The van der Waals surface area contributed by atoms with Crippen molar-refractivity contribution in [1.29, 1.82) is 0 Å². The molecule has 0 aromatic heterocycles. The first-order valence-electron chi connectivity index (χ1n) is 5.31. The van der Waals surface area contributed by atoms with Crippen molar-refractivity contribution in [3.63, 3.8) is 0 Å². The Bertz CT molecular complexity index is 256. The van der Waals surface area contributed by atoms with E-state index in [-0.39, 0.29) is 6.61 Å². The van der Waals surface area contributed by atoms with Crippen LogP contribution in [0.25, 0.3) is 0 Å². The zero-order valence-corrected chi connectivity index (χ0v) is 9.62. The van der Waals surface area contributed by atoms with Crippen LogP contribution >= 0.6 is 0 Å². The molecule has 0 spiro atoms. The molecular weight excluding hydrogens is 216 g/mol. The molecule has 2 saturated heterocycles. The number of ether oxygens (including phenoxy) is 4. The van der Waals surface area contributed by atoms with Gasteiger partial charge in [0, 0.05) is 7.11 Å². The van der Waals surface area contributed by atoms with Gasteiger partial charge in [0.15, 0.2) is 12.1 Å². The summed E-state index contributed by atoms with van der Waals surface area (Å²) < 4.78 is 21.7. The lowest BCUT2D eigenvalue weighted by Gasteiger charge is -2.38. The van der Waals surface area contributed by atoms with Crippen molar-refractivity contribution in [2.24, 2.45) is 0 Å². The SMILES string of the molecule is CO[C@H]1O[C@@H](CO)[C@@H](O)[C@@H]2OC(C)(C)O[C@@H]12. The molecule has 0 amide bonds. The summed E-state index contributed by atoms with van der Waals surface area (Å²) >= 11 is 0. The Morgan fingerprint density at radius 3 is 2.44 bits per heavy atom. The van der Waals surface area contributed by atoms with Gasteiger partial charge < -0.3 is 29.2 Å². The Hall–Kier alpha value is -0.240. The molecular formula is C10H18O6. The van der Waals surface area contributed by atoms with E-state index in [1.54, 1.807) is 13.8 Å². The Morgan fingerprint density at radius 2 is 1.88 bits per heavy atom. The Morgan fingerprint density at radius 1 is 1.25 bits per heavy atom. The molecule has 6 heteroatoms. The fourth-order valence-corrected chi connectivity index (χ4v) is 2.17. The summed E-state index contributed by atoms with van der Waals surface area (Å²) in [7, 11) is 1.49. The highest BCUT2D eigenvalue weighted by molar-refractivity contribution is 4.95. The fraction of sp³-hybridized carbons (Fsp3) is 1.00. The van der Waals surface area contributed by atoms with Crippen LogP contribution in [-0.4, -0.2) is 60.4 Å². The minimum absolute atomic E-state index is 0.284. The predicted octanol–water partition coefficient (Wildman–Crippen LogP) is -0.769. The van der Waals surface area contributed by atoms with Crippen molar-refractivity contribution < 1.29 is 29.2 Å². The van der Waals surface area contributed by atoms with Crippen LogP contribution in [-0.2, 0) is 18.9 Å². The van der Waals surface area contributed by atoms with Crippen molar-refractivity contribution in [2.75, 3.05) is 13.7 Å². The quantitative estimate of drug-likeness (QED) is 0.653. The molecule has 0 aromatic carbocycles. The second kappa shape index (κ2) is 4.21. The Labute approximate surface area is 94.1 Å². The third-order valence-electron chi connectivity index (χ3n) is 2.87. The molecule has 5 atom stereocenters. The van der Waals surface area contributed by atoms with Gasteiger partial charge in [-0.3, -0.25) is 0 Å². The zero-order chi connectivity index (χ0) is 11.9. The van der Waals surface area contributed by atoms with Gasteiger partial charge in [-0.15, -0.1) is 0 Å². The van der Waals surface area contributed by atoms with E-state index in [2.05, 4.69) is 0 Å². The molecule has 2 N–H and O–H groups in total. The van der Waals surface area contributed by atoms with Crippen molar-refractivity contribution in [3.8, 4) is 0 Å². The summed E-state index contributed by atoms with van der Waals surface area (Å²) in [5.41, 5.74) is 0. The largest absolute Gasteiger partial charge is 0.394 e. The van der Waals surface area contributed by atoms with Gasteiger partial charge in [-0.1, -0.05) is 0 Å². The molecule has 2 fully saturated rings. The van der Waals surface area contributed by atoms with E-state index >= 15 is 0 Å². The molecule has 2 aliphatic rings. The third kappa shape index (κ3) is 1.97. The van der Waals surface area contributed by atoms with Crippen molar-refractivity contribution >= 4 is 0 Å². The van der Waals surface area contributed by atoms with Crippen LogP contribution in [0.1, 0.15) is 13.8 Å². The summed E-state index contributed by atoms with van der Waals surface area (Å²) in [6, 6.07) is 0. The standard InChI is InChI=1S/C10H18O6/c1-10(2)15-7-6(12)5(4-11)14-9(13-3)8(7)16-10/h5-9,11-12H,4H2,1-3H3/t5-,6+,7-,8+,9-/m0/s1. The second-order valence-electron chi connectivity index (χ2n) is 4.52. The van der Waals surface area contributed by atoms with Gasteiger partial charge in [0.1, 0.15) is 24.4 Å². The van der Waals surface area contributed by atoms with E-state index in [0.29, 0.717) is 0 Å². The maximum absolute atomic E-state index is 9.94. The Kier molecular flexibility index (Phi) is 3.22. The van der Waals surface area contributed by atoms with Gasteiger partial charge in [0.05, 0.1) is 6.61 Å². The summed E-state index contributed by atoms with van der Waals surface area (Å²) in [4.78, 5) is 0. The number of hydrogen-bond acceptors (Lipinski definition) is 6. The number of aliphatic hydroxyl groups is 2. The van der Waals surface area contributed by atoms with E-state index < -0.39 is 36.5 Å². The molecule has 0 aliphatic carbocycles. The van der Waals surface area contributed by atoms with Crippen LogP contribution in [0.5, 0.6) is 0 Å². The molecule has 0 saturated carbocycles. The maximum atomic E-state index is 9.94. The lowest BCUT2D eigenvalue weighted by molar-refractivity contribution is -0.272. The van der Waals surface area contributed by atoms with Crippen LogP contribution in [0, 0.1) is 0 Å². The lowest BCUT2D eigenvalue weighted by atomic mass is 9.99. The molecule has 0 unspecified atom stereocenters. The summed E-state index contributed by atoms with van der Waals surface area (Å²) in [6.07, 6.45) is -3.26. The third-order valence-corrected chi connectivity index (χ3v) is 2.87. The van der Waals surface area contributed by atoms with E-state index in [0.717, 1.165) is 0 Å². The summed E-state index contributed by atoms with van der Waals surface area (Å²) in [6.45, 7) is 3.24. The van der Waals surface area contributed by atoms with Crippen LogP contribution in [0.15, 0.2) is 0 Å². The summed E-state index contributed by atoms with van der Waals surface area (Å²) in [5, 5.41) is 19.0. The highest BCUT2D eigenvalue weighted by Crippen LogP contribution is 2.37. The number of hydrogen-bond donors (Lipinski definition) is 2. The van der Waals surface area contributed by atoms with E-state index in [1.165, 1.54) is 7.11 Å². The Balaban J connectivity index is 2.18. The molecule has 6 nitrogen and oxygen atoms in total. The van der Waals surface area contributed by atoms with Crippen molar-refractivity contribution in [2.45, 2.75) is 50.3 Å². The van der Waals surface area contributed by atoms with Gasteiger partial charge in [0.25, 0.3) is 0 Å². The van der Waals surface area contributed by atoms with Gasteiger partial charge in [-0.05, 0) is 13.8 Å². The van der Waals surface area contributed by atoms with Crippen LogP contribution in [0.2, 0.25) is 0 Å². The average molecular weight is 234 g/mol. The van der Waals surface area contributed by atoms with E-state index in [9.17, 15) is 5.11 Å². The molecule has 2 heterocycles. The van der Waals surface area contributed by atoms with Crippen molar-refractivity contribution in [1.82, 2.24) is 0 Å². The highest BCUT2D eigenvalue weighted by Gasteiger charge is 2.54. The number of aliphatic hydroxyl groups excluding tert-OH is 2. The topological polar surface area (TPSA) is 77.4 Å².